The minimum absolute atomic E-state index is 0.0994. The van der Waals surface area contributed by atoms with Crippen LogP contribution in [0.15, 0.2) is 30.5 Å². The Bertz CT molecular complexity index is 553. The molecule has 1 atom stereocenters. The minimum Gasteiger partial charge on any atom is -0.493 e. The number of benzene rings is 1. The smallest absolute Gasteiger partial charge is 0.161 e. The third-order valence-electron chi connectivity index (χ3n) is 3.23. The number of hydrogen-bond donors (Lipinski definition) is 1. The quantitative estimate of drug-likeness (QED) is 0.914. The van der Waals surface area contributed by atoms with Gasteiger partial charge in [-0.1, -0.05) is 29.8 Å². The molecular formula is C14H18ClN3O. The monoisotopic (exact) mass is 279 g/mol. The molecule has 1 N–H and O–H groups in total. The van der Waals surface area contributed by atoms with Crippen molar-refractivity contribution in [2.45, 2.75) is 12.5 Å². The zero-order valence-corrected chi connectivity index (χ0v) is 12.1. The highest BCUT2D eigenvalue weighted by Crippen LogP contribution is 2.28. The number of aryl methyl sites for hydroxylation is 1. The standard InChI is InChI=1S/C14H18ClN3O/c1-16-12(8-10-6-4-5-7-11(10)15)14-13(19-3)9-17-18(14)2/h4-7,9,12,16H,8H2,1-3H3. The number of aromatic nitrogens is 2. The van der Waals surface area contributed by atoms with E-state index in [4.69, 9.17) is 16.3 Å². The lowest BCUT2D eigenvalue weighted by Gasteiger charge is -2.18. The number of hydrogen-bond acceptors (Lipinski definition) is 3. The maximum Gasteiger partial charge on any atom is 0.161 e. The summed E-state index contributed by atoms with van der Waals surface area (Å²) in [5, 5.41) is 8.32. The van der Waals surface area contributed by atoms with Gasteiger partial charge in [-0.2, -0.15) is 5.10 Å². The highest BCUT2D eigenvalue weighted by atomic mass is 35.5. The van der Waals surface area contributed by atoms with Crippen molar-refractivity contribution in [3.63, 3.8) is 0 Å². The van der Waals surface area contributed by atoms with Gasteiger partial charge in [-0.3, -0.25) is 4.68 Å². The van der Waals surface area contributed by atoms with E-state index in [1.165, 1.54) is 0 Å². The number of methoxy groups -OCH3 is 1. The van der Waals surface area contributed by atoms with E-state index in [0.29, 0.717) is 0 Å². The van der Waals surface area contributed by atoms with Crippen LogP contribution >= 0.6 is 11.6 Å². The maximum atomic E-state index is 6.22. The van der Waals surface area contributed by atoms with Crippen molar-refractivity contribution in [3.8, 4) is 5.75 Å². The molecule has 0 aliphatic carbocycles. The van der Waals surface area contributed by atoms with Gasteiger partial charge in [0.2, 0.25) is 0 Å². The molecule has 0 saturated heterocycles. The van der Waals surface area contributed by atoms with Crippen LogP contribution in [0.2, 0.25) is 5.02 Å². The van der Waals surface area contributed by atoms with Gasteiger partial charge in [0.1, 0.15) is 0 Å². The molecule has 2 rings (SSSR count). The fourth-order valence-corrected chi connectivity index (χ4v) is 2.41. The van der Waals surface area contributed by atoms with Gasteiger partial charge in [0.15, 0.2) is 5.75 Å². The van der Waals surface area contributed by atoms with Gasteiger partial charge in [-0.25, -0.2) is 0 Å². The summed E-state index contributed by atoms with van der Waals surface area (Å²) >= 11 is 6.22. The zero-order valence-electron chi connectivity index (χ0n) is 11.4. The molecule has 0 aliphatic heterocycles. The Morgan fingerprint density at radius 1 is 1.42 bits per heavy atom. The number of ether oxygens (including phenoxy) is 1. The molecule has 1 aromatic heterocycles. The molecule has 4 nitrogen and oxygen atoms in total. The molecule has 0 amide bonds. The summed E-state index contributed by atoms with van der Waals surface area (Å²) in [4.78, 5) is 0. The van der Waals surface area contributed by atoms with E-state index in [-0.39, 0.29) is 6.04 Å². The predicted octanol–water partition coefficient (Wildman–Crippen LogP) is 2.59. The Morgan fingerprint density at radius 3 is 2.79 bits per heavy atom. The van der Waals surface area contributed by atoms with E-state index < -0.39 is 0 Å². The van der Waals surface area contributed by atoms with Gasteiger partial charge in [0.05, 0.1) is 25.0 Å². The summed E-state index contributed by atoms with van der Waals surface area (Å²) < 4.78 is 7.19. The largest absolute Gasteiger partial charge is 0.493 e. The molecule has 0 saturated carbocycles. The first-order valence-corrected chi connectivity index (χ1v) is 6.51. The van der Waals surface area contributed by atoms with Gasteiger partial charge in [0, 0.05) is 12.1 Å². The minimum atomic E-state index is 0.0994. The van der Waals surface area contributed by atoms with E-state index in [9.17, 15) is 0 Å². The Kier molecular flexibility index (Phi) is 4.45. The third kappa shape index (κ3) is 2.91. The van der Waals surface area contributed by atoms with Crippen LogP contribution in [0.25, 0.3) is 0 Å². The highest BCUT2D eigenvalue weighted by Gasteiger charge is 2.20. The fraction of sp³-hybridized carbons (Fsp3) is 0.357. The van der Waals surface area contributed by atoms with Crippen LogP contribution < -0.4 is 10.1 Å². The summed E-state index contributed by atoms with van der Waals surface area (Å²) in [6, 6.07) is 7.97. The van der Waals surface area contributed by atoms with Gasteiger partial charge < -0.3 is 10.1 Å². The number of halogens is 1. The lowest BCUT2D eigenvalue weighted by molar-refractivity contribution is 0.397. The Morgan fingerprint density at radius 2 is 2.16 bits per heavy atom. The number of rotatable bonds is 5. The van der Waals surface area contributed by atoms with Crippen molar-refractivity contribution in [3.05, 3.63) is 46.7 Å². The molecule has 1 heterocycles. The third-order valence-corrected chi connectivity index (χ3v) is 3.60. The normalized spacial score (nSPS) is 12.4. The molecule has 1 aromatic carbocycles. The molecule has 0 aliphatic rings. The molecule has 0 spiro atoms. The van der Waals surface area contributed by atoms with E-state index in [0.717, 1.165) is 28.5 Å². The maximum absolute atomic E-state index is 6.22. The van der Waals surface area contributed by atoms with Crippen molar-refractivity contribution in [1.29, 1.82) is 0 Å². The van der Waals surface area contributed by atoms with Gasteiger partial charge in [0.25, 0.3) is 0 Å². The molecule has 2 aromatic rings. The molecule has 0 radical (unpaired) electrons. The Balaban J connectivity index is 2.30. The first kappa shape index (κ1) is 13.9. The molecule has 0 fully saturated rings. The molecule has 0 bridgehead atoms. The van der Waals surface area contributed by atoms with E-state index in [2.05, 4.69) is 10.4 Å². The summed E-state index contributed by atoms with van der Waals surface area (Å²) in [6.07, 6.45) is 2.51. The molecule has 1 unspecified atom stereocenters. The van der Waals surface area contributed by atoms with Gasteiger partial charge in [-0.05, 0) is 25.1 Å². The first-order chi connectivity index (χ1) is 9.17. The Hall–Kier alpha value is -1.52. The molecule has 102 valence electrons. The van der Waals surface area contributed by atoms with Crippen LogP contribution in [0, 0.1) is 0 Å². The van der Waals surface area contributed by atoms with Crippen LogP contribution in [-0.2, 0) is 13.5 Å². The van der Waals surface area contributed by atoms with Crippen LogP contribution in [-0.4, -0.2) is 23.9 Å². The molecule has 5 heteroatoms. The average Bonchev–Trinajstić information content (AvgIpc) is 2.79. The summed E-state index contributed by atoms with van der Waals surface area (Å²) in [6.45, 7) is 0. The van der Waals surface area contributed by atoms with Crippen molar-refractivity contribution in [1.82, 2.24) is 15.1 Å². The zero-order chi connectivity index (χ0) is 13.8. The second-order valence-corrected chi connectivity index (χ2v) is 4.77. The van der Waals surface area contributed by atoms with E-state index >= 15 is 0 Å². The summed E-state index contributed by atoms with van der Waals surface area (Å²) in [5.41, 5.74) is 2.12. The van der Waals surface area contributed by atoms with Crippen LogP contribution in [0.1, 0.15) is 17.3 Å². The topological polar surface area (TPSA) is 39.1 Å². The number of likely N-dealkylation sites (N-methyl/N-ethyl adjacent to an activating group) is 1. The number of nitrogens with zero attached hydrogens (tertiary/aromatic N) is 2. The summed E-state index contributed by atoms with van der Waals surface area (Å²) in [7, 11) is 5.49. The predicted molar refractivity (Wildman–Crippen MR) is 76.7 cm³/mol. The number of nitrogens with one attached hydrogen (secondary N) is 1. The van der Waals surface area contributed by atoms with Crippen LogP contribution in [0.4, 0.5) is 0 Å². The highest BCUT2D eigenvalue weighted by molar-refractivity contribution is 6.31. The Labute approximate surface area is 118 Å². The fourth-order valence-electron chi connectivity index (χ4n) is 2.20. The van der Waals surface area contributed by atoms with E-state index in [1.54, 1.807) is 13.3 Å². The molecule has 19 heavy (non-hydrogen) atoms. The van der Waals surface area contributed by atoms with Crippen molar-refractivity contribution in [2.24, 2.45) is 7.05 Å². The van der Waals surface area contributed by atoms with Crippen molar-refractivity contribution >= 4 is 11.6 Å². The second-order valence-electron chi connectivity index (χ2n) is 4.36. The summed E-state index contributed by atoms with van der Waals surface area (Å²) in [5.74, 6) is 0.786. The van der Waals surface area contributed by atoms with Crippen molar-refractivity contribution < 1.29 is 4.74 Å². The van der Waals surface area contributed by atoms with Crippen molar-refractivity contribution in [2.75, 3.05) is 14.2 Å². The lowest BCUT2D eigenvalue weighted by Crippen LogP contribution is -2.22. The van der Waals surface area contributed by atoms with Gasteiger partial charge >= 0.3 is 0 Å². The average molecular weight is 280 g/mol. The van der Waals surface area contributed by atoms with Crippen LogP contribution in [0.3, 0.4) is 0 Å². The van der Waals surface area contributed by atoms with Gasteiger partial charge in [-0.15, -0.1) is 0 Å². The second kappa shape index (κ2) is 6.08. The van der Waals surface area contributed by atoms with E-state index in [1.807, 2.05) is 43.0 Å². The first-order valence-electron chi connectivity index (χ1n) is 6.14. The molecular weight excluding hydrogens is 262 g/mol. The van der Waals surface area contributed by atoms with Crippen LogP contribution in [0.5, 0.6) is 5.75 Å². The SMILES string of the molecule is CNC(Cc1ccccc1Cl)c1c(OC)cnn1C. The lowest BCUT2D eigenvalue weighted by atomic mass is 10.0.